The van der Waals surface area contributed by atoms with Gasteiger partial charge in [-0.2, -0.15) is 0 Å². The van der Waals surface area contributed by atoms with Crippen LogP contribution in [0.4, 0.5) is 5.69 Å². The van der Waals surface area contributed by atoms with Crippen molar-refractivity contribution in [3.05, 3.63) is 38.9 Å². The molecule has 0 heterocycles. The first kappa shape index (κ1) is 16.9. The number of halogens is 1. The smallest absolute Gasteiger partial charge is 0.273 e. The topological polar surface area (TPSA) is 58.4 Å². The van der Waals surface area contributed by atoms with Crippen LogP contribution in [-0.2, 0) is 6.54 Å². The Labute approximate surface area is 125 Å². The molecule has 0 saturated carbocycles. The minimum Gasteiger partial charge on any atom is -0.312 e. The molecule has 0 aliphatic carbocycles. The molecular weight excluding hydrogens is 278 g/mol. The van der Waals surface area contributed by atoms with E-state index in [9.17, 15) is 10.1 Å². The number of rotatable bonds is 7. The van der Waals surface area contributed by atoms with Crippen LogP contribution in [0.3, 0.4) is 0 Å². The summed E-state index contributed by atoms with van der Waals surface area (Å²) < 4.78 is 0. The first-order chi connectivity index (χ1) is 9.21. The zero-order chi connectivity index (χ0) is 15.3. The molecule has 1 rings (SSSR count). The van der Waals surface area contributed by atoms with E-state index in [2.05, 4.69) is 24.1 Å². The number of hydrogen-bond donors (Lipinski definition) is 1. The summed E-state index contributed by atoms with van der Waals surface area (Å²) in [4.78, 5) is 12.7. The number of nitro benzene ring substituents is 1. The molecule has 0 radical (unpaired) electrons. The normalized spacial score (nSPS) is 11.9. The van der Waals surface area contributed by atoms with Gasteiger partial charge in [-0.15, -0.1) is 0 Å². The van der Waals surface area contributed by atoms with E-state index in [4.69, 9.17) is 11.6 Å². The third kappa shape index (κ3) is 5.45. The van der Waals surface area contributed by atoms with E-state index < -0.39 is 0 Å². The van der Waals surface area contributed by atoms with Crippen LogP contribution >= 0.6 is 11.6 Å². The maximum atomic E-state index is 11.0. The monoisotopic (exact) mass is 299 g/mol. The summed E-state index contributed by atoms with van der Waals surface area (Å²) in [5.74, 6) is 0. The van der Waals surface area contributed by atoms with E-state index >= 15 is 0 Å². The Hall–Kier alpha value is -1.17. The maximum absolute atomic E-state index is 11.0. The molecule has 20 heavy (non-hydrogen) atoms. The molecule has 0 aromatic heterocycles. The highest BCUT2D eigenvalue weighted by molar-refractivity contribution is 6.30. The molecule has 0 aliphatic rings. The molecule has 1 N–H and O–H groups in total. The Kier molecular flexibility index (Phi) is 5.92. The lowest BCUT2D eigenvalue weighted by molar-refractivity contribution is -0.385. The van der Waals surface area contributed by atoms with Crippen LogP contribution < -0.4 is 5.32 Å². The molecule has 6 heteroatoms. The number of hydrogen-bond acceptors (Lipinski definition) is 4. The van der Waals surface area contributed by atoms with Crippen molar-refractivity contribution in [2.24, 2.45) is 5.41 Å². The first-order valence-corrected chi connectivity index (χ1v) is 6.87. The fraction of sp³-hybridized carbons (Fsp3) is 0.571. The molecule has 112 valence electrons. The number of nitrogens with zero attached hydrogens (tertiary/aromatic N) is 2. The molecule has 1 aromatic carbocycles. The van der Waals surface area contributed by atoms with Crippen LogP contribution in [0.1, 0.15) is 19.4 Å². The summed E-state index contributed by atoms with van der Waals surface area (Å²) in [5.41, 5.74) is 0.812. The van der Waals surface area contributed by atoms with Crippen LogP contribution in [0.2, 0.25) is 5.02 Å². The summed E-state index contributed by atoms with van der Waals surface area (Å²) in [6.45, 7) is 6.47. The van der Waals surface area contributed by atoms with Crippen molar-refractivity contribution in [1.82, 2.24) is 10.2 Å². The van der Waals surface area contributed by atoms with Crippen LogP contribution in [0.15, 0.2) is 18.2 Å². The Morgan fingerprint density at radius 2 is 2.05 bits per heavy atom. The molecule has 1 aromatic rings. The second-order valence-corrected chi connectivity index (χ2v) is 6.47. The lowest BCUT2D eigenvalue weighted by Gasteiger charge is -2.28. The Bertz CT molecular complexity index is 475. The van der Waals surface area contributed by atoms with E-state index in [1.54, 1.807) is 12.1 Å². The number of nitro groups is 1. The molecule has 0 amide bonds. The Balaban J connectivity index is 2.66. The van der Waals surface area contributed by atoms with Crippen molar-refractivity contribution in [2.75, 3.05) is 27.2 Å². The molecule has 0 bridgehead atoms. The Morgan fingerprint density at radius 3 is 2.60 bits per heavy atom. The summed E-state index contributed by atoms with van der Waals surface area (Å²) in [6, 6.07) is 4.63. The third-order valence-electron chi connectivity index (χ3n) is 2.90. The van der Waals surface area contributed by atoms with Crippen molar-refractivity contribution in [3.63, 3.8) is 0 Å². The van der Waals surface area contributed by atoms with Crippen molar-refractivity contribution in [3.8, 4) is 0 Å². The third-order valence-corrected chi connectivity index (χ3v) is 3.14. The average Bonchev–Trinajstić information content (AvgIpc) is 2.26. The summed E-state index contributed by atoms with van der Waals surface area (Å²) in [7, 11) is 4.06. The van der Waals surface area contributed by atoms with E-state index in [0.29, 0.717) is 17.1 Å². The van der Waals surface area contributed by atoms with Crippen molar-refractivity contribution < 1.29 is 4.92 Å². The summed E-state index contributed by atoms with van der Waals surface area (Å²) >= 11 is 5.90. The van der Waals surface area contributed by atoms with Gasteiger partial charge in [0, 0.05) is 36.3 Å². The van der Waals surface area contributed by atoms with Gasteiger partial charge in [0.1, 0.15) is 0 Å². The molecule has 0 aliphatic heterocycles. The van der Waals surface area contributed by atoms with Gasteiger partial charge in [0.05, 0.1) is 4.92 Å². The number of nitrogens with one attached hydrogen (secondary N) is 1. The lowest BCUT2D eigenvalue weighted by Crippen LogP contribution is -2.37. The molecule has 0 unspecified atom stereocenters. The van der Waals surface area contributed by atoms with Gasteiger partial charge >= 0.3 is 0 Å². The van der Waals surface area contributed by atoms with Gasteiger partial charge in [-0.1, -0.05) is 25.4 Å². The van der Waals surface area contributed by atoms with Gasteiger partial charge in [0.15, 0.2) is 0 Å². The van der Waals surface area contributed by atoms with Gasteiger partial charge in [-0.25, -0.2) is 0 Å². The van der Waals surface area contributed by atoms with E-state index in [1.807, 2.05) is 14.1 Å². The van der Waals surface area contributed by atoms with E-state index in [0.717, 1.165) is 13.1 Å². The fourth-order valence-electron chi connectivity index (χ4n) is 2.32. The zero-order valence-corrected chi connectivity index (χ0v) is 13.2. The quantitative estimate of drug-likeness (QED) is 0.621. The molecular formula is C14H22ClN3O2. The zero-order valence-electron chi connectivity index (χ0n) is 12.4. The van der Waals surface area contributed by atoms with Crippen molar-refractivity contribution >= 4 is 17.3 Å². The highest BCUT2D eigenvalue weighted by Crippen LogP contribution is 2.23. The first-order valence-electron chi connectivity index (χ1n) is 6.49. The van der Waals surface area contributed by atoms with Crippen molar-refractivity contribution in [2.45, 2.75) is 20.4 Å². The minimum absolute atomic E-state index is 0.0941. The van der Waals surface area contributed by atoms with Crippen molar-refractivity contribution in [1.29, 1.82) is 0 Å². The van der Waals surface area contributed by atoms with Crippen LogP contribution in [0.5, 0.6) is 0 Å². The van der Waals surface area contributed by atoms with E-state index in [1.165, 1.54) is 6.07 Å². The summed E-state index contributed by atoms with van der Waals surface area (Å²) in [6.07, 6.45) is 0. The van der Waals surface area contributed by atoms with Crippen LogP contribution in [0, 0.1) is 15.5 Å². The molecule has 0 fully saturated rings. The minimum atomic E-state index is -0.377. The molecule has 0 spiro atoms. The molecule has 0 atom stereocenters. The largest absolute Gasteiger partial charge is 0.312 e. The van der Waals surface area contributed by atoms with Gasteiger partial charge in [0.25, 0.3) is 5.69 Å². The van der Waals surface area contributed by atoms with Gasteiger partial charge in [-0.05, 0) is 31.6 Å². The maximum Gasteiger partial charge on any atom is 0.273 e. The summed E-state index contributed by atoms with van der Waals surface area (Å²) in [5, 5.41) is 14.8. The van der Waals surface area contributed by atoms with Crippen LogP contribution in [0.25, 0.3) is 0 Å². The molecule has 0 saturated heterocycles. The van der Waals surface area contributed by atoms with Gasteiger partial charge < -0.3 is 10.2 Å². The second kappa shape index (κ2) is 7.02. The highest BCUT2D eigenvalue weighted by Gasteiger charge is 2.19. The average molecular weight is 300 g/mol. The standard InChI is InChI=1S/C14H22ClN3O2/c1-14(2,10-17(3)4)9-16-8-11-7-12(15)5-6-13(11)18(19)20/h5-7,16H,8-10H2,1-4H3. The lowest BCUT2D eigenvalue weighted by atomic mass is 9.93. The SMILES string of the molecule is CN(C)CC(C)(C)CNCc1cc(Cl)ccc1[N+](=O)[O-]. The van der Waals surface area contributed by atoms with Crippen LogP contribution in [-0.4, -0.2) is 37.0 Å². The predicted molar refractivity (Wildman–Crippen MR) is 82.1 cm³/mol. The molecule has 5 nitrogen and oxygen atoms in total. The van der Waals surface area contributed by atoms with Gasteiger partial charge in [0.2, 0.25) is 0 Å². The fourth-order valence-corrected chi connectivity index (χ4v) is 2.52. The van der Waals surface area contributed by atoms with E-state index in [-0.39, 0.29) is 16.0 Å². The number of benzene rings is 1. The highest BCUT2D eigenvalue weighted by atomic mass is 35.5. The Morgan fingerprint density at radius 1 is 1.40 bits per heavy atom. The predicted octanol–water partition coefficient (Wildman–Crippen LogP) is 2.93. The second-order valence-electron chi connectivity index (χ2n) is 6.04. The van der Waals surface area contributed by atoms with Gasteiger partial charge in [-0.3, -0.25) is 10.1 Å².